The summed E-state index contributed by atoms with van der Waals surface area (Å²) < 4.78 is 26.4. The molecular weight excluding hydrogens is 254 g/mol. The number of amidine groups is 1. The summed E-state index contributed by atoms with van der Waals surface area (Å²) in [5, 5.41) is 4.09. The van der Waals surface area contributed by atoms with E-state index in [0.717, 1.165) is 29.5 Å². The van der Waals surface area contributed by atoms with Crippen molar-refractivity contribution in [2.24, 2.45) is 4.99 Å². The van der Waals surface area contributed by atoms with Crippen LogP contribution >= 0.6 is 11.8 Å². The Morgan fingerprint density at radius 2 is 2.17 bits per heavy atom. The summed E-state index contributed by atoms with van der Waals surface area (Å²) in [7, 11) is 0. The minimum absolute atomic E-state index is 0.0184. The van der Waals surface area contributed by atoms with Crippen molar-refractivity contribution < 1.29 is 8.78 Å². The van der Waals surface area contributed by atoms with Crippen molar-refractivity contribution in [2.75, 3.05) is 5.75 Å². The van der Waals surface area contributed by atoms with Crippen LogP contribution in [0.15, 0.2) is 23.2 Å². The molecule has 0 spiro atoms. The predicted molar refractivity (Wildman–Crippen MR) is 71.8 cm³/mol. The third-order valence-electron chi connectivity index (χ3n) is 2.81. The van der Waals surface area contributed by atoms with E-state index >= 15 is 0 Å². The van der Waals surface area contributed by atoms with E-state index in [1.54, 1.807) is 11.8 Å². The molecule has 1 aromatic carbocycles. The molecule has 2 rings (SSSR count). The number of hydrogen-bond acceptors (Lipinski definition) is 2. The smallest absolute Gasteiger partial charge is 0.157 e. The van der Waals surface area contributed by atoms with Gasteiger partial charge in [0.25, 0.3) is 0 Å². The van der Waals surface area contributed by atoms with Crippen LogP contribution in [0, 0.1) is 11.6 Å². The number of hydrogen-bond donors (Lipinski definition) is 1. The van der Waals surface area contributed by atoms with E-state index in [1.165, 1.54) is 6.07 Å². The number of halogens is 2. The number of aliphatic imine (C=N–C) groups is 1. The van der Waals surface area contributed by atoms with E-state index < -0.39 is 11.6 Å². The molecule has 0 amide bonds. The van der Waals surface area contributed by atoms with Gasteiger partial charge in [0.1, 0.15) is 11.6 Å². The highest BCUT2D eigenvalue weighted by Crippen LogP contribution is 2.22. The van der Waals surface area contributed by atoms with E-state index in [2.05, 4.69) is 24.2 Å². The molecule has 1 aliphatic heterocycles. The van der Waals surface area contributed by atoms with Gasteiger partial charge in [0.05, 0.1) is 6.54 Å². The second-order valence-corrected chi connectivity index (χ2v) is 6.05. The molecule has 0 aromatic heterocycles. The van der Waals surface area contributed by atoms with E-state index in [9.17, 15) is 8.78 Å². The Kier molecular flexibility index (Phi) is 3.90. The number of nitrogens with zero attached hydrogens (tertiary/aromatic N) is 1. The third-order valence-corrected chi connectivity index (χ3v) is 3.72. The highest BCUT2D eigenvalue weighted by atomic mass is 32.2. The van der Waals surface area contributed by atoms with Crippen LogP contribution in [-0.2, 0) is 6.54 Å². The summed E-state index contributed by atoms with van der Waals surface area (Å²) in [6, 6.07) is 3.44. The molecule has 0 unspecified atom stereocenters. The largest absolute Gasteiger partial charge is 0.360 e. The van der Waals surface area contributed by atoms with Gasteiger partial charge in [-0.2, -0.15) is 0 Å². The quantitative estimate of drug-likeness (QED) is 0.891. The maximum absolute atomic E-state index is 13.4. The molecule has 0 aliphatic carbocycles. The van der Waals surface area contributed by atoms with Crippen LogP contribution in [0.3, 0.4) is 0 Å². The Balaban J connectivity index is 2.08. The first-order valence-corrected chi connectivity index (χ1v) is 6.84. The van der Waals surface area contributed by atoms with Crippen LogP contribution in [0.2, 0.25) is 0 Å². The molecule has 1 aromatic rings. The van der Waals surface area contributed by atoms with Crippen LogP contribution < -0.4 is 5.32 Å². The Morgan fingerprint density at radius 1 is 1.39 bits per heavy atom. The van der Waals surface area contributed by atoms with Crippen LogP contribution in [-0.4, -0.2) is 16.5 Å². The fourth-order valence-electron chi connectivity index (χ4n) is 1.70. The van der Waals surface area contributed by atoms with Gasteiger partial charge < -0.3 is 5.32 Å². The highest BCUT2D eigenvalue weighted by molar-refractivity contribution is 8.13. The maximum Gasteiger partial charge on any atom is 0.157 e. The van der Waals surface area contributed by atoms with Crippen molar-refractivity contribution >= 4 is 16.9 Å². The molecule has 1 N–H and O–H groups in total. The van der Waals surface area contributed by atoms with Crippen molar-refractivity contribution in [3.63, 3.8) is 0 Å². The first-order valence-electron chi connectivity index (χ1n) is 5.86. The monoisotopic (exact) mass is 270 g/mol. The lowest BCUT2D eigenvalue weighted by atomic mass is 10.0. The van der Waals surface area contributed by atoms with E-state index in [0.29, 0.717) is 0 Å². The summed E-state index contributed by atoms with van der Waals surface area (Å²) in [6.45, 7) is 4.37. The fourth-order valence-corrected chi connectivity index (χ4v) is 3.01. The number of rotatable bonds is 2. The summed E-state index contributed by atoms with van der Waals surface area (Å²) >= 11 is 1.62. The Hall–Kier alpha value is -1.10. The maximum atomic E-state index is 13.4. The average molecular weight is 270 g/mol. The topological polar surface area (TPSA) is 24.4 Å². The Bertz CT molecular complexity index is 472. The zero-order valence-corrected chi connectivity index (χ0v) is 11.3. The highest BCUT2D eigenvalue weighted by Gasteiger charge is 2.24. The van der Waals surface area contributed by atoms with E-state index in [4.69, 9.17) is 0 Å². The van der Waals surface area contributed by atoms with Crippen molar-refractivity contribution in [3.05, 3.63) is 35.4 Å². The van der Waals surface area contributed by atoms with Gasteiger partial charge in [-0.15, -0.1) is 0 Å². The minimum atomic E-state index is -0.434. The third kappa shape index (κ3) is 3.45. The van der Waals surface area contributed by atoms with Gasteiger partial charge in [-0.05, 0) is 38.5 Å². The lowest BCUT2D eigenvalue weighted by Gasteiger charge is -2.32. The number of nitrogens with one attached hydrogen (secondary N) is 1. The Morgan fingerprint density at radius 3 is 2.89 bits per heavy atom. The molecule has 2 nitrogen and oxygen atoms in total. The molecular formula is C13H16F2N2S. The van der Waals surface area contributed by atoms with Crippen molar-refractivity contribution in [1.82, 2.24) is 5.32 Å². The van der Waals surface area contributed by atoms with Crippen LogP contribution in [0.25, 0.3) is 0 Å². The predicted octanol–water partition coefficient (Wildman–Crippen LogP) is 3.33. The van der Waals surface area contributed by atoms with E-state index in [1.807, 2.05) is 0 Å². The summed E-state index contributed by atoms with van der Waals surface area (Å²) in [6.07, 6.45) is 1.06. The molecule has 0 saturated carbocycles. The fraction of sp³-hybridized carbons (Fsp3) is 0.462. The minimum Gasteiger partial charge on any atom is -0.360 e. The molecule has 0 radical (unpaired) electrons. The zero-order valence-electron chi connectivity index (χ0n) is 10.5. The summed E-state index contributed by atoms with van der Waals surface area (Å²) in [4.78, 5) is 4.31. The molecule has 1 aliphatic rings. The molecule has 1 fully saturated rings. The standard InChI is InChI=1S/C13H16F2N2S/c1-13(2)5-6-18-12(17-13)16-8-9-7-10(14)3-4-11(9)15/h3-4,7H,5-6,8H2,1-2H3,(H,16,17). The van der Waals surface area contributed by atoms with Crippen LogP contribution in [0.1, 0.15) is 25.8 Å². The summed E-state index contributed by atoms with van der Waals surface area (Å²) in [5.74, 6) is 0.141. The molecule has 5 heteroatoms. The first kappa shape index (κ1) is 13.3. The number of thioether (sulfide) groups is 1. The normalized spacial score (nSPS) is 20.8. The SMILES string of the molecule is CC1(C)CCSC(=NCc2cc(F)ccc2F)N1. The van der Waals surface area contributed by atoms with Gasteiger partial charge >= 0.3 is 0 Å². The van der Waals surface area contributed by atoms with Gasteiger partial charge in [-0.25, -0.2) is 8.78 Å². The lowest BCUT2D eigenvalue weighted by molar-refractivity contribution is 0.446. The molecule has 1 heterocycles. The average Bonchev–Trinajstić information content (AvgIpc) is 2.29. The second-order valence-electron chi connectivity index (χ2n) is 4.96. The summed E-state index contributed by atoms with van der Waals surface area (Å²) in [5.41, 5.74) is 0.304. The molecule has 0 bridgehead atoms. The Labute approximate surface area is 110 Å². The van der Waals surface area contributed by atoms with Gasteiger partial charge in [0.15, 0.2) is 5.17 Å². The molecule has 1 saturated heterocycles. The lowest BCUT2D eigenvalue weighted by Crippen LogP contribution is -2.46. The van der Waals surface area contributed by atoms with E-state index in [-0.39, 0.29) is 17.6 Å². The molecule has 18 heavy (non-hydrogen) atoms. The zero-order chi connectivity index (χ0) is 13.2. The van der Waals surface area contributed by atoms with Crippen molar-refractivity contribution in [2.45, 2.75) is 32.4 Å². The van der Waals surface area contributed by atoms with Gasteiger partial charge in [-0.1, -0.05) is 11.8 Å². The number of benzene rings is 1. The van der Waals surface area contributed by atoms with Gasteiger partial charge in [0, 0.05) is 16.9 Å². The van der Waals surface area contributed by atoms with Gasteiger partial charge in [0.2, 0.25) is 0 Å². The second kappa shape index (κ2) is 5.26. The van der Waals surface area contributed by atoms with Crippen LogP contribution in [0.5, 0.6) is 0 Å². The molecule has 98 valence electrons. The first-order chi connectivity index (χ1) is 8.46. The van der Waals surface area contributed by atoms with Crippen molar-refractivity contribution in [3.8, 4) is 0 Å². The van der Waals surface area contributed by atoms with Crippen molar-refractivity contribution in [1.29, 1.82) is 0 Å². The van der Waals surface area contributed by atoms with Gasteiger partial charge in [-0.3, -0.25) is 4.99 Å². The van der Waals surface area contributed by atoms with Crippen LogP contribution in [0.4, 0.5) is 8.78 Å². The molecule has 0 atom stereocenters.